The van der Waals surface area contributed by atoms with Gasteiger partial charge >= 0.3 is 11.9 Å². The van der Waals surface area contributed by atoms with Gasteiger partial charge in [0.15, 0.2) is 0 Å². The lowest BCUT2D eigenvalue weighted by Crippen LogP contribution is -2.38. The van der Waals surface area contributed by atoms with Gasteiger partial charge in [0.05, 0.1) is 26.1 Å². The van der Waals surface area contributed by atoms with E-state index >= 15 is 0 Å². The van der Waals surface area contributed by atoms with Crippen molar-refractivity contribution in [3.05, 3.63) is 44.5 Å². The van der Waals surface area contributed by atoms with Gasteiger partial charge in [0, 0.05) is 35.5 Å². The molecule has 2 unspecified atom stereocenters. The molecule has 2 aliphatic heterocycles. The van der Waals surface area contributed by atoms with Crippen molar-refractivity contribution in [2.24, 2.45) is 0 Å². The fourth-order valence-electron chi connectivity index (χ4n) is 6.26. The molecule has 2 aromatic rings. The maximum Gasteiger partial charge on any atom is 0.306 e. The van der Waals surface area contributed by atoms with Crippen LogP contribution >= 0.6 is 11.8 Å². The van der Waals surface area contributed by atoms with Crippen LogP contribution in [0.2, 0.25) is 0 Å². The number of phenolic OH excluding ortho intramolecular Hbond substituents is 2. The maximum atomic E-state index is 12.3. The van der Waals surface area contributed by atoms with E-state index in [9.17, 15) is 19.8 Å². The molecule has 8 nitrogen and oxygen atoms in total. The Labute approximate surface area is 272 Å². The molecular formula is C36H50O8S. The Balaban J connectivity index is 1.09. The summed E-state index contributed by atoms with van der Waals surface area (Å²) in [5.74, 6) is 3.03. The van der Waals surface area contributed by atoms with Crippen molar-refractivity contribution < 1.29 is 38.7 Å². The van der Waals surface area contributed by atoms with Gasteiger partial charge in [-0.05, 0) is 114 Å². The molecule has 4 rings (SSSR count). The van der Waals surface area contributed by atoms with Crippen molar-refractivity contribution in [2.45, 2.75) is 118 Å². The summed E-state index contributed by atoms with van der Waals surface area (Å²) in [7, 11) is 0. The lowest BCUT2D eigenvalue weighted by atomic mass is 9.86. The monoisotopic (exact) mass is 642 g/mol. The average molecular weight is 643 g/mol. The number of aromatic hydroxyl groups is 2. The number of rotatable bonds is 12. The molecule has 9 heteroatoms. The van der Waals surface area contributed by atoms with E-state index in [0.29, 0.717) is 35.8 Å². The van der Waals surface area contributed by atoms with Crippen LogP contribution in [0.1, 0.15) is 96.9 Å². The van der Waals surface area contributed by atoms with Gasteiger partial charge in [-0.2, -0.15) is 11.8 Å². The van der Waals surface area contributed by atoms with E-state index in [1.54, 1.807) is 0 Å². The maximum absolute atomic E-state index is 12.3. The zero-order chi connectivity index (χ0) is 33.1. The van der Waals surface area contributed by atoms with Crippen molar-refractivity contribution in [3.63, 3.8) is 0 Å². The van der Waals surface area contributed by atoms with Gasteiger partial charge in [-0.25, -0.2) is 0 Å². The number of hydrogen-bond donors (Lipinski definition) is 2. The predicted molar refractivity (Wildman–Crippen MR) is 177 cm³/mol. The summed E-state index contributed by atoms with van der Waals surface area (Å²) in [6, 6.07) is 0. The van der Waals surface area contributed by atoms with E-state index in [0.717, 1.165) is 81.7 Å². The van der Waals surface area contributed by atoms with Crippen LogP contribution in [0.4, 0.5) is 0 Å². The number of ether oxygens (including phenoxy) is 4. The summed E-state index contributed by atoms with van der Waals surface area (Å²) in [6.45, 7) is 16.3. The number of benzene rings is 2. The van der Waals surface area contributed by atoms with Crippen molar-refractivity contribution in [1.82, 2.24) is 0 Å². The molecule has 2 aliphatic rings. The number of phenols is 2. The minimum atomic E-state index is -0.435. The lowest BCUT2D eigenvalue weighted by Gasteiger charge is -2.37. The molecule has 248 valence electrons. The molecule has 0 bridgehead atoms. The molecule has 2 aromatic carbocycles. The van der Waals surface area contributed by atoms with Crippen LogP contribution in [0.3, 0.4) is 0 Å². The summed E-state index contributed by atoms with van der Waals surface area (Å²) in [5, 5.41) is 20.8. The molecule has 0 fully saturated rings. The first kappa shape index (κ1) is 34.8. The van der Waals surface area contributed by atoms with E-state index in [4.69, 9.17) is 18.9 Å². The minimum absolute atomic E-state index is 0.254. The third kappa shape index (κ3) is 7.84. The van der Waals surface area contributed by atoms with E-state index in [1.807, 2.05) is 55.4 Å². The SMILES string of the molecule is Cc1c(C)c2c(c(C)c1O)CCC(C)(CCOC(=O)CCSCCC(=O)OCCC1(C)CCc3c(C)c(O)c(C)c(C)c3O1)O2. The Morgan fingerprint density at radius 3 is 1.42 bits per heavy atom. The van der Waals surface area contributed by atoms with Crippen molar-refractivity contribution in [3.8, 4) is 23.0 Å². The molecule has 0 spiro atoms. The number of thioether (sulfide) groups is 1. The highest BCUT2D eigenvalue weighted by atomic mass is 32.2. The van der Waals surface area contributed by atoms with Gasteiger partial charge in [-0.3, -0.25) is 9.59 Å². The number of hydrogen-bond acceptors (Lipinski definition) is 9. The van der Waals surface area contributed by atoms with Crippen LogP contribution < -0.4 is 9.47 Å². The van der Waals surface area contributed by atoms with Crippen LogP contribution in [0, 0.1) is 41.5 Å². The largest absolute Gasteiger partial charge is 0.507 e. The summed E-state index contributed by atoms with van der Waals surface area (Å²) in [5.41, 5.74) is 6.61. The Morgan fingerprint density at radius 1 is 0.667 bits per heavy atom. The van der Waals surface area contributed by atoms with Crippen LogP contribution in [-0.4, -0.2) is 58.1 Å². The van der Waals surface area contributed by atoms with Gasteiger partial charge in [0.1, 0.15) is 34.2 Å². The number of carbonyl (C=O) groups is 2. The van der Waals surface area contributed by atoms with Crippen molar-refractivity contribution in [1.29, 1.82) is 0 Å². The Hall–Kier alpha value is -3.07. The van der Waals surface area contributed by atoms with E-state index < -0.39 is 11.2 Å². The highest BCUT2D eigenvalue weighted by Crippen LogP contribution is 2.45. The average Bonchev–Trinajstić information content (AvgIpc) is 3.00. The molecule has 2 heterocycles. The molecule has 0 aromatic heterocycles. The topological polar surface area (TPSA) is 112 Å². The first-order chi connectivity index (χ1) is 21.2. The molecule has 0 saturated heterocycles. The van der Waals surface area contributed by atoms with E-state index in [1.165, 1.54) is 11.8 Å². The molecule has 0 radical (unpaired) electrons. The fraction of sp³-hybridized carbons (Fsp3) is 0.611. The minimum Gasteiger partial charge on any atom is -0.507 e. The first-order valence-corrected chi connectivity index (χ1v) is 17.2. The third-order valence-electron chi connectivity index (χ3n) is 9.87. The van der Waals surface area contributed by atoms with Crippen LogP contribution in [0.5, 0.6) is 23.0 Å². The zero-order valence-electron chi connectivity index (χ0n) is 28.2. The number of fused-ring (bicyclic) bond motifs is 2. The van der Waals surface area contributed by atoms with Gasteiger partial charge in [-0.15, -0.1) is 0 Å². The molecule has 0 saturated carbocycles. The van der Waals surface area contributed by atoms with E-state index in [-0.39, 0.29) is 38.0 Å². The second-order valence-corrected chi connectivity index (χ2v) is 14.4. The second-order valence-electron chi connectivity index (χ2n) is 13.2. The predicted octanol–water partition coefficient (Wildman–Crippen LogP) is 7.20. The Morgan fingerprint density at radius 2 is 1.04 bits per heavy atom. The third-order valence-corrected chi connectivity index (χ3v) is 10.9. The number of carbonyl (C=O) groups excluding carboxylic acids is 2. The fourth-order valence-corrected chi connectivity index (χ4v) is 7.09. The van der Waals surface area contributed by atoms with Gasteiger partial charge in [-0.1, -0.05) is 0 Å². The molecule has 45 heavy (non-hydrogen) atoms. The molecule has 2 atom stereocenters. The van der Waals surface area contributed by atoms with Gasteiger partial charge in [0.25, 0.3) is 0 Å². The zero-order valence-corrected chi connectivity index (χ0v) is 29.1. The quantitative estimate of drug-likeness (QED) is 0.183. The van der Waals surface area contributed by atoms with Crippen LogP contribution in [0.15, 0.2) is 0 Å². The molecule has 0 amide bonds. The lowest BCUT2D eigenvalue weighted by molar-refractivity contribution is -0.145. The summed E-state index contributed by atoms with van der Waals surface area (Å²) >= 11 is 1.53. The smallest absolute Gasteiger partial charge is 0.306 e. The first-order valence-electron chi connectivity index (χ1n) is 16.1. The molecular weight excluding hydrogens is 592 g/mol. The molecule has 2 N–H and O–H groups in total. The van der Waals surface area contributed by atoms with Crippen molar-refractivity contribution in [2.75, 3.05) is 24.7 Å². The van der Waals surface area contributed by atoms with Gasteiger partial charge in [0.2, 0.25) is 0 Å². The highest BCUT2D eigenvalue weighted by molar-refractivity contribution is 7.99. The summed E-state index contributed by atoms with van der Waals surface area (Å²) in [6.07, 6.45) is 4.95. The second kappa shape index (κ2) is 14.1. The normalized spacial score (nSPS) is 20.4. The summed E-state index contributed by atoms with van der Waals surface area (Å²) < 4.78 is 23.8. The Kier molecular flexibility index (Phi) is 10.9. The van der Waals surface area contributed by atoms with Gasteiger partial charge < -0.3 is 29.2 Å². The van der Waals surface area contributed by atoms with Crippen LogP contribution in [0.25, 0.3) is 0 Å². The molecule has 0 aliphatic carbocycles. The van der Waals surface area contributed by atoms with Crippen molar-refractivity contribution >= 4 is 23.7 Å². The van der Waals surface area contributed by atoms with E-state index in [2.05, 4.69) is 0 Å². The highest BCUT2D eigenvalue weighted by Gasteiger charge is 2.36. The number of esters is 2. The standard InChI is InChI=1S/C36H50O8S/c1-21-23(3)33-27(25(5)31(21)39)9-13-35(7,43-33)15-17-41-29(37)11-19-45-20-12-30(38)42-18-16-36(8)14-10-28-26(6)32(40)22(2)24(4)34(28)44-36/h39-40H,9-20H2,1-8H3. The summed E-state index contributed by atoms with van der Waals surface area (Å²) in [4.78, 5) is 24.6. The Bertz CT molecular complexity index is 1340. The van der Waals surface area contributed by atoms with Crippen LogP contribution in [-0.2, 0) is 31.9 Å².